The third kappa shape index (κ3) is 4.54. The van der Waals surface area contributed by atoms with Crippen LogP contribution in [0.5, 0.6) is 11.5 Å². The van der Waals surface area contributed by atoms with Crippen molar-refractivity contribution in [1.29, 1.82) is 0 Å². The van der Waals surface area contributed by atoms with Crippen LogP contribution in [-0.2, 0) is 4.79 Å². The molecular formula is C21H16N4O4S2. The van der Waals surface area contributed by atoms with Crippen molar-refractivity contribution < 1.29 is 18.7 Å². The van der Waals surface area contributed by atoms with Gasteiger partial charge in [-0.15, -0.1) is 21.5 Å². The molecule has 0 fully saturated rings. The van der Waals surface area contributed by atoms with E-state index in [9.17, 15) is 4.79 Å². The van der Waals surface area contributed by atoms with E-state index in [2.05, 4.69) is 20.5 Å². The molecule has 3 heterocycles. The Balaban J connectivity index is 1.15. The monoisotopic (exact) mass is 452 g/mol. The number of rotatable bonds is 6. The van der Waals surface area contributed by atoms with E-state index in [1.807, 2.05) is 60.0 Å². The van der Waals surface area contributed by atoms with Crippen molar-refractivity contribution in [3.05, 3.63) is 65.9 Å². The second-order valence-corrected chi connectivity index (χ2v) is 8.30. The summed E-state index contributed by atoms with van der Waals surface area (Å²) in [6.45, 7) is 0.275. The number of ether oxygens (including phenoxy) is 2. The summed E-state index contributed by atoms with van der Waals surface area (Å²) in [6.07, 6.45) is -0.489. The molecule has 4 aromatic rings. The summed E-state index contributed by atoms with van der Waals surface area (Å²) >= 11 is 2.53. The second-order valence-electron chi connectivity index (χ2n) is 6.51. The summed E-state index contributed by atoms with van der Waals surface area (Å²) in [4.78, 5) is 16.7. The smallest absolute Gasteiger partial charge is 0.277 e. The summed E-state index contributed by atoms with van der Waals surface area (Å²) in [5.41, 5.74) is 1.83. The molecule has 1 atom stereocenters. The molecule has 2 aromatic carbocycles. The fraction of sp³-hybridized carbons (Fsp3) is 0.143. The second kappa shape index (κ2) is 8.78. The van der Waals surface area contributed by atoms with Gasteiger partial charge < -0.3 is 19.2 Å². The highest BCUT2D eigenvalue weighted by molar-refractivity contribution is 7.99. The van der Waals surface area contributed by atoms with Crippen molar-refractivity contribution in [3.63, 3.8) is 0 Å². The van der Waals surface area contributed by atoms with Gasteiger partial charge in [-0.3, -0.25) is 4.79 Å². The van der Waals surface area contributed by atoms with Crippen LogP contribution in [0.25, 0.3) is 11.3 Å². The van der Waals surface area contributed by atoms with Gasteiger partial charge in [0.1, 0.15) is 6.61 Å². The summed E-state index contributed by atoms with van der Waals surface area (Å²) in [7, 11) is 0. The molecular weight excluding hydrogens is 436 g/mol. The largest absolute Gasteiger partial charge is 0.485 e. The minimum atomic E-state index is -0.489. The van der Waals surface area contributed by atoms with E-state index in [-0.39, 0.29) is 23.5 Å². The van der Waals surface area contributed by atoms with Gasteiger partial charge in [-0.1, -0.05) is 54.2 Å². The lowest BCUT2D eigenvalue weighted by Crippen LogP contribution is -2.21. The molecule has 10 heteroatoms. The molecule has 8 nitrogen and oxygen atoms in total. The highest BCUT2D eigenvalue weighted by Gasteiger charge is 2.27. The molecule has 1 aliphatic heterocycles. The van der Waals surface area contributed by atoms with Gasteiger partial charge in [0.25, 0.3) is 11.1 Å². The first-order valence-electron chi connectivity index (χ1n) is 9.40. The molecule has 0 saturated carbocycles. The van der Waals surface area contributed by atoms with Crippen LogP contribution in [0.1, 0.15) is 12.0 Å². The summed E-state index contributed by atoms with van der Waals surface area (Å²) < 4.78 is 17.2. The third-order valence-electron chi connectivity index (χ3n) is 4.35. The number of benzene rings is 2. The molecule has 0 saturated heterocycles. The van der Waals surface area contributed by atoms with Crippen LogP contribution < -0.4 is 14.8 Å². The van der Waals surface area contributed by atoms with Crippen molar-refractivity contribution >= 4 is 34.1 Å². The number of anilines is 1. The first-order valence-corrected chi connectivity index (χ1v) is 11.3. The molecule has 0 spiro atoms. The van der Waals surface area contributed by atoms with Gasteiger partial charge >= 0.3 is 0 Å². The number of hydrogen-bond acceptors (Lipinski definition) is 9. The minimum Gasteiger partial charge on any atom is -0.485 e. The van der Waals surface area contributed by atoms with Crippen molar-refractivity contribution in [1.82, 2.24) is 15.2 Å². The summed E-state index contributed by atoms with van der Waals surface area (Å²) in [5, 5.41) is 13.6. The Bertz CT molecular complexity index is 1190. The quantitative estimate of drug-likeness (QED) is 0.429. The Kier molecular flexibility index (Phi) is 5.55. The van der Waals surface area contributed by atoms with E-state index in [4.69, 9.17) is 13.9 Å². The predicted molar refractivity (Wildman–Crippen MR) is 117 cm³/mol. The van der Waals surface area contributed by atoms with Crippen LogP contribution >= 0.6 is 23.1 Å². The Morgan fingerprint density at radius 3 is 2.77 bits per heavy atom. The highest BCUT2D eigenvalue weighted by atomic mass is 32.2. The maximum atomic E-state index is 12.3. The molecule has 1 unspecified atom stereocenters. The number of fused-ring (bicyclic) bond motifs is 1. The molecule has 1 N–H and O–H groups in total. The lowest BCUT2D eigenvalue weighted by Gasteiger charge is -2.23. The van der Waals surface area contributed by atoms with Crippen LogP contribution in [0.3, 0.4) is 0 Å². The van der Waals surface area contributed by atoms with Gasteiger partial charge in [0, 0.05) is 10.9 Å². The third-order valence-corrected chi connectivity index (χ3v) is 5.93. The Morgan fingerprint density at radius 1 is 1.10 bits per heavy atom. The number of thioether (sulfide) groups is 1. The number of hydrogen-bond donors (Lipinski definition) is 1. The van der Waals surface area contributed by atoms with Gasteiger partial charge in [-0.25, -0.2) is 4.98 Å². The molecule has 1 amide bonds. The van der Waals surface area contributed by atoms with Crippen molar-refractivity contribution in [3.8, 4) is 22.8 Å². The lowest BCUT2D eigenvalue weighted by atomic mass is 10.2. The zero-order valence-electron chi connectivity index (χ0n) is 16.1. The molecule has 31 heavy (non-hydrogen) atoms. The van der Waals surface area contributed by atoms with E-state index in [1.54, 1.807) is 0 Å². The number of thiazole rings is 1. The summed E-state index contributed by atoms with van der Waals surface area (Å²) in [6, 6.07) is 17.2. The molecule has 0 bridgehead atoms. The Morgan fingerprint density at radius 2 is 1.90 bits per heavy atom. The van der Waals surface area contributed by atoms with E-state index >= 15 is 0 Å². The number of carbonyl (C=O) groups excluding carboxylic acids is 1. The predicted octanol–water partition coefficient (Wildman–Crippen LogP) is 4.44. The van der Waals surface area contributed by atoms with Crippen LogP contribution in [0.4, 0.5) is 5.13 Å². The van der Waals surface area contributed by atoms with Crippen molar-refractivity contribution in [2.75, 3.05) is 17.7 Å². The van der Waals surface area contributed by atoms with E-state index in [0.29, 0.717) is 22.5 Å². The average molecular weight is 453 g/mol. The van der Waals surface area contributed by atoms with E-state index < -0.39 is 6.10 Å². The SMILES string of the molecule is O=C(CSc1nnc(C2COc3ccccc3O2)o1)Nc1nc(-c2ccccc2)cs1. The first kappa shape index (κ1) is 19.6. The standard InChI is InChI=1S/C21H16N4O4S2/c26-18(23-20-22-14(11-30-20)13-6-2-1-3-7-13)12-31-21-25-24-19(29-21)17-10-27-15-8-4-5-9-16(15)28-17/h1-9,11,17H,10,12H2,(H,22,23,26). The zero-order valence-corrected chi connectivity index (χ0v) is 17.7. The van der Waals surface area contributed by atoms with E-state index in [0.717, 1.165) is 23.0 Å². The van der Waals surface area contributed by atoms with Gasteiger partial charge in [-0.2, -0.15) is 0 Å². The van der Waals surface area contributed by atoms with Gasteiger partial charge in [0.2, 0.25) is 12.0 Å². The van der Waals surface area contributed by atoms with Crippen LogP contribution in [-0.4, -0.2) is 33.4 Å². The van der Waals surface area contributed by atoms with Crippen molar-refractivity contribution in [2.24, 2.45) is 0 Å². The molecule has 5 rings (SSSR count). The zero-order chi connectivity index (χ0) is 21.0. The number of nitrogens with one attached hydrogen (secondary N) is 1. The molecule has 0 radical (unpaired) electrons. The van der Waals surface area contributed by atoms with E-state index in [1.165, 1.54) is 11.3 Å². The topological polar surface area (TPSA) is 99.4 Å². The average Bonchev–Trinajstić information content (AvgIpc) is 3.48. The van der Waals surface area contributed by atoms with Crippen LogP contribution in [0.15, 0.2) is 69.6 Å². The number of nitrogens with zero attached hydrogens (tertiary/aromatic N) is 3. The normalized spacial score (nSPS) is 14.9. The lowest BCUT2D eigenvalue weighted by molar-refractivity contribution is -0.113. The van der Waals surface area contributed by atoms with Gasteiger partial charge in [0.05, 0.1) is 11.4 Å². The Hall–Kier alpha value is -3.37. The fourth-order valence-electron chi connectivity index (χ4n) is 2.91. The minimum absolute atomic E-state index is 0.118. The highest BCUT2D eigenvalue weighted by Crippen LogP contribution is 2.36. The Labute approximate surface area is 185 Å². The van der Waals surface area contributed by atoms with Gasteiger partial charge in [0.15, 0.2) is 16.6 Å². The number of aromatic nitrogens is 3. The summed E-state index contributed by atoms with van der Waals surface area (Å²) in [5.74, 6) is 1.54. The maximum absolute atomic E-state index is 12.3. The molecule has 2 aromatic heterocycles. The maximum Gasteiger partial charge on any atom is 0.277 e. The molecule has 0 aliphatic carbocycles. The molecule has 1 aliphatic rings. The number of para-hydroxylation sites is 2. The molecule has 156 valence electrons. The van der Waals surface area contributed by atoms with Crippen LogP contribution in [0, 0.1) is 0 Å². The van der Waals surface area contributed by atoms with Crippen LogP contribution in [0.2, 0.25) is 0 Å². The fourth-order valence-corrected chi connectivity index (χ4v) is 4.21. The number of carbonyl (C=O) groups is 1. The number of amides is 1. The first-order chi connectivity index (χ1) is 15.2. The van der Waals surface area contributed by atoms with Crippen molar-refractivity contribution in [2.45, 2.75) is 11.3 Å². The van der Waals surface area contributed by atoms with Gasteiger partial charge in [-0.05, 0) is 12.1 Å².